The molecule has 6 atom stereocenters. The lowest BCUT2D eigenvalue weighted by molar-refractivity contribution is -0.0123. The van der Waals surface area contributed by atoms with Crippen LogP contribution >= 0.6 is 0 Å². The predicted molar refractivity (Wildman–Crippen MR) is 102 cm³/mol. The molecule has 4 rings (SSSR count). The Bertz CT molecular complexity index is 533. The molecular formula is C23H32O2. The molecule has 2 nitrogen and oxygen atoms in total. The van der Waals surface area contributed by atoms with Gasteiger partial charge in [0.25, 0.3) is 0 Å². The zero-order chi connectivity index (χ0) is 17.3. The van der Waals surface area contributed by atoms with E-state index in [9.17, 15) is 10.2 Å². The molecule has 0 aromatic carbocycles. The van der Waals surface area contributed by atoms with Gasteiger partial charge in [0.05, 0.1) is 0 Å². The zero-order valence-electron chi connectivity index (χ0n) is 15.1. The minimum atomic E-state index is 0.0629. The third-order valence-corrected chi connectivity index (χ3v) is 7.78. The van der Waals surface area contributed by atoms with Crippen LogP contribution in [0.15, 0.2) is 48.6 Å². The lowest BCUT2D eigenvalue weighted by Gasteiger charge is -2.49. The molecule has 2 fully saturated rings. The number of allylic oxidation sites excluding steroid dienone is 8. The van der Waals surface area contributed by atoms with Crippen molar-refractivity contribution in [2.75, 3.05) is 13.2 Å². The van der Waals surface area contributed by atoms with Crippen molar-refractivity contribution >= 4 is 0 Å². The van der Waals surface area contributed by atoms with Crippen LogP contribution in [0.5, 0.6) is 0 Å². The summed E-state index contributed by atoms with van der Waals surface area (Å²) in [4.78, 5) is 0. The summed E-state index contributed by atoms with van der Waals surface area (Å²) in [7, 11) is 0. The number of aliphatic hydroxyl groups excluding tert-OH is 2. The largest absolute Gasteiger partial charge is 0.396 e. The summed E-state index contributed by atoms with van der Waals surface area (Å²) in [5.41, 5.74) is 0.0629. The van der Waals surface area contributed by atoms with Gasteiger partial charge in [0.2, 0.25) is 0 Å². The lowest BCUT2D eigenvalue weighted by Crippen LogP contribution is -2.44. The van der Waals surface area contributed by atoms with Gasteiger partial charge in [-0.25, -0.2) is 0 Å². The van der Waals surface area contributed by atoms with Gasteiger partial charge in [-0.15, -0.1) is 0 Å². The van der Waals surface area contributed by atoms with Crippen LogP contribution in [0.25, 0.3) is 0 Å². The number of hydrogen-bond donors (Lipinski definition) is 2. The highest BCUT2D eigenvalue weighted by Gasteiger charge is 2.54. The monoisotopic (exact) mass is 340 g/mol. The summed E-state index contributed by atoms with van der Waals surface area (Å²) >= 11 is 0. The molecule has 4 aliphatic rings. The fourth-order valence-corrected chi connectivity index (χ4v) is 6.81. The van der Waals surface area contributed by atoms with Crippen LogP contribution < -0.4 is 0 Å². The lowest BCUT2D eigenvalue weighted by atomic mass is 9.56. The Morgan fingerprint density at radius 3 is 1.52 bits per heavy atom. The molecule has 4 aliphatic carbocycles. The van der Waals surface area contributed by atoms with Gasteiger partial charge in [-0.1, -0.05) is 48.6 Å². The Morgan fingerprint density at radius 2 is 1.08 bits per heavy atom. The predicted octanol–water partition coefficient (Wildman–Crippen LogP) is 4.27. The van der Waals surface area contributed by atoms with Crippen LogP contribution in [0.2, 0.25) is 0 Å². The summed E-state index contributed by atoms with van der Waals surface area (Å²) in [5.74, 6) is 3.66. The normalized spacial score (nSPS) is 39.0. The van der Waals surface area contributed by atoms with Crippen LogP contribution in [-0.4, -0.2) is 23.4 Å². The van der Waals surface area contributed by atoms with Crippen LogP contribution in [0, 0.1) is 40.9 Å². The van der Waals surface area contributed by atoms with Gasteiger partial charge < -0.3 is 10.2 Å². The van der Waals surface area contributed by atoms with E-state index in [1.54, 1.807) is 0 Å². The highest BCUT2D eigenvalue weighted by Crippen LogP contribution is 2.61. The maximum absolute atomic E-state index is 10.00. The molecule has 2 N–H and O–H groups in total. The molecule has 0 saturated heterocycles. The second-order valence-corrected chi connectivity index (χ2v) is 8.57. The first-order valence-corrected chi connectivity index (χ1v) is 10.2. The summed E-state index contributed by atoms with van der Waals surface area (Å²) in [6, 6.07) is 0. The molecule has 136 valence electrons. The molecule has 2 heteroatoms. The third-order valence-electron chi connectivity index (χ3n) is 7.78. The van der Waals surface area contributed by atoms with Gasteiger partial charge in [-0.3, -0.25) is 0 Å². The number of fused-ring (bicyclic) bond motifs is 2. The topological polar surface area (TPSA) is 40.5 Å². The molecule has 6 unspecified atom stereocenters. The Hall–Kier alpha value is -1.12. The van der Waals surface area contributed by atoms with E-state index in [1.165, 1.54) is 25.7 Å². The number of aliphatic hydroxyl groups is 2. The summed E-state index contributed by atoms with van der Waals surface area (Å²) < 4.78 is 0. The molecule has 25 heavy (non-hydrogen) atoms. The van der Waals surface area contributed by atoms with Crippen molar-refractivity contribution in [3.8, 4) is 0 Å². The standard InChI is InChI=1S/C23H32O2/c24-15-13-23(14-16-25,21-11-9-17-5-1-3-7-19(17)21)22-12-10-18-6-2-4-8-20(18)22/h1-8,17-22,24-25H,9-16H2. The van der Waals surface area contributed by atoms with Gasteiger partial charge in [0, 0.05) is 13.2 Å². The Balaban J connectivity index is 1.70. The van der Waals surface area contributed by atoms with Crippen LogP contribution in [0.4, 0.5) is 0 Å². The van der Waals surface area contributed by atoms with Crippen molar-refractivity contribution in [2.24, 2.45) is 40.9 Å². The molecule has 0 heterocycles. The van der Waals surface area contributed by atoms with E-state index in [2.05, 4.69) is 48.6 Å². The summed E-state index contributed by atoms with van der Waals surface area (Å²) in [6.45, 7) is 0.474. The molecule has 0 aromatic rings. The first-order chi connectivity index (χ1) is 12.3. The quantitative estimate of drug-likeness (QED) is 0.758. The highest BCUT2D eigenvalue weighted by atomic mass is 16.3. The highest BCUT2D eigenvalue weighted by molar-refractivity contribution is 5.22. The second-order valence-electron chi connectivity index (χ2n) is 8.57. The van der Waals surface area contributed by atoms with E-state index in [0.29, 0.717) is 35.5 Å². The van der Waals surface area contributed by atoms with Crippen molar-refractivity contribution in [3.63, 3.8) is 0 Å². The van der Waals surface area contributed by atoms with Gasteiger partial charge in [-0.2, -0.15) is 0 Å². The molecule has 0 amide bonds. The smallest absolute Gasteiger partial charge is 0.0436 e. The first-order valence-electron chi connectivity index (χ1n) is 10.2. The molecule has 0 radical (unpaired) electrons. The fourth-order valence-electron chi connectivity index (χ4n) is 6.81. The number of hydrogen-bond acceptors (Lipinski definition) is 2. The van der Waals surface area contributed by atoms with E-state index in [-0.39, 0.29) is 18.6 Å². The van der Waals surface area contributed by atoms with Gasteiger partial charge in [0.1, 0.15) is 0 Å². The van der Waals surface area contributed by atoms with Crippen LogP contribution in [0.1, 0.15) is 38.5 Å². The van der Waals surface area contributed by atoms with Crippen molar-refractivity contribution in [2.45, 2.75) is 38.5 Å². The Morgan fingerprint density at radius 1 is 0.640 bits per heavy atom. The maximum atomic E-state index is 10.00. The molecule has 0 aliphatic heterocycles. The zero-order valence-corrected chi connectivity index (χ0v) is 15.1. The van der Waals surface area contributed by atoms with E-state index in [0.717, 1.165) is 12.8 Å². The summed E-state index contributed by atoms with van der Waals surface area (Å²) in [5, 5.41) is 20.0. The van der Waals surface area contributed by atoms with Gasteiger partial charge in [0.15, 0.2) is 0 Å². The summed E-state index contributed by atoms with van der Waals surface area (Å²) in [6.07, 6.45) is 25.1. The molecule has 2 saturated carbocycles. The van der Waals surface area contributed by atoms with Crippen molar-refractivity contribution in [3.05, 3.63) is 48.6 Å². The van der Waals surface area contributed by atoms with Crippen molar-refractivity contribution in [1.82, 2.24) is 0 Å². The van der Waals surface area contributed by atoms with Gasteiger partial charge in [-0.05, 0) is 79.4 Å². The van der Waals surface area contributed by atoms with E-state index >= 15 is 0 Å². The van der Waals surface area contributed by atoms with Crippen molar-refractivity contribution in [1.29, 1.82) is 0 Å². The van der Waals surface area contributed by atoms with Crippen molar-refractivity contribution < 1.29 is 10.2 Å². The SMILES string of the molecule is OCCC(CCO)(C1CCC2C=CC=CC21)C1CCC2C=CC=CC21. The minimum absolute atomic E-state index is 0.0629. The van der Waals surface area contributed by atoms with E-state index < -0.39 is 0 Å². The second kappa shape index (κ2) is 7.25. The van der Waals surface area contributed by atoms with E-state index in [4.69, 9.17) is 0 Å². The maximum Gasteiger partial charge on any atom is 0.0436 e. The minimum Gasteiger partial charge on any atom is -0.396 e. The Kier molecular flexibility index (Phi) is 5.01. The molecule has 0 spiro atoms. The first kappa shape index (κ1) is 17.3. The van der Waals surface area contributed by atoms with Gasteiger partial charge >= 0.3 is 0 Å². The van der Waals surface area contributed by atoms with E-state index in [1.807, 2.05) is 0 Å². The third kappa shape index (κ3) is 2.88. The van der Waals surface area contributed by atoms with Crippen LogP contribution in [-0.2, 0) is 0 Å². The average molecular weight is 341 g/mol. The molecular weight excluding hydrogens is 308 g/mol. The molecule has 0 bridgehead atoms. The number of rotatable bonds is 6. The Labute approximate surface area is 152 Å². The molecule has 0 aromatic heterocycles. The van der Waals surface area contributed by atoms with Crippen LogP contribution in [0.3, 0.4) is 0 Å². The fraction of sp³-hybridized carbons (Fsp3) is 0.652. The average Bonchev–Trinajstić information content (AvgIpc) is 3.26.